The fourth-order valence-corrected chi connectivity index (χ4v) is 3.38. The number of hydrogen-bond donors (Lipinski definition) is 0. The summed E-state index contributed by atoms with van der Waals surface area (Å²) in [6.07, 6.45) is 4.66. The molecule has 0 saturated heterocycles. The highest BCUT2D eigenvalue weighted by Crippen LogP contribution is 2.30. The first-order valence-electron chi connectivity index (χ1n) is 7.94. The van der Waals surface area contributed by atoms with Gasteiger partial charge in [0.15, 0.2) is 5.78 Å². The first-order chi connectivity index (χ1) is 11.7. The van der Waals surface area contributed by atoms with Crippen LogP contribution in [0.5, 0.6) is 5.75 Å². The number of carbonyl (C=O) groups excluding carboxylic acids is 1. The number of rotatable bonds is 4. The van der Waals surface area contributed by atoms with E-state index in [4.69, 9.17) is 0 Å². The summed E-state index contributed by atoms with van der Waals surface area (Å²) in [4.78, 5) is 29.2. The van der Waals surface area contributed by atoms with E-state index in [0.717, 1.165) is 17.5 Å². The summed E-state index contributed by atoms with van der Waals surface area (Å²) in [5.41, 5.74) is 1.94. The predicted octanol–water partition coefficient (Wildman–Crippen LogP) is 1.84. The highest BCUT2D eigenvalue weighted by Gasteiger charge is 2.22. The first-order valence-corrected chi connectivity index (χ1v) is 7.94. The van der Waals surface area contributed by atoms with E-state index in [1.807, 2.05) is 18.2 Å². The Morgan fingerprint density at radius 2 is 2.12 bits per heavy atom. The van der Waals surface area contributed by atoms with Gasteiger partial charge in [0.2, 0.25) is 0 Å². The minimum atomic E-state index is -0.450. The topological polar surface area (TPSA) is 75.0 Å². The Morgan fingerprint density at radius 3 is 2.92 bits per heavy atom. The maximum absolute atomic E-state index is 12.7. The van der Waals surface area contributed by atoms with Gasteiger partial charge in [-0.05, 0) is 35.4 Å². The van der Waals surface area contributed by atoms with Crippen molar-refractivity contribution in [1.82, 2.24) is 9.55 Å². The maximum atomic E-state index is 12.7. The smallest absolute Gasteiger partial charge is 0.261 e. The molecule has 120 valence electrons. The monoisotopic (exact) mass is 319 g/mol. The number of benzene rings is 1. The lowest BCUT2D eigenvalue weighted by molar-refractivity contribution is -0.266. The summed E-state index contributed by atoms with van der Waals surface area (Å²) in [7, 11) is 0. The third-order valence-corrected chi connectivity index (χ3v) is 4.57. The van der Waals surface area contributed by atoms with Gasteiger partial charge in [0.05, 0.1) is 11.1 Å². The van der Waals surface area contributed by atoms with Crippen LogP contribution < -0.4 is 10.7 Å². The summed E-state index contributed by atoms with van der Waals surface area (Å²) in [6.45, 7) is 0.526. The molecule has 0 saturated carbocycles. The fraction of sp³-hybridized carbons (Fsp3) is 0.211. The van der Waals surface area contributed by atoms with Crippen molar-refractivity contribution in [2.24, 2.45) is 0 Å². The van der Waals surface area contributed by atoms with Gasteiger partial charge in [0, 0.05) is 25.4 Å². The van der Waals surface area contributed by atoms with Gasteiger partial charge in [-0.3, -0.25) is 14.6 Å². The van der Waals surface area contributed by atoms with E-state index in [1.165, 1.54) is 0 Å². The summed E-state index contributed by atoms with van der Waals surface area (Å²) >= 11 is 0. The molecule has 5 heteroatoms. The minimum absolute atomic E-state index is 0.126. The number of aryl methyl sites for hydroxylation is 3. The van der Waals surface area contributed by atoms with Crippen LogP contribution in [-0.2, 0) is 19.4 Å². The number of carbonyl (C=O) groups is 1. The van der Waals surface area contributed by atoms with Gasteiger partial charge in [-0.15, -0.1) is 0 Å². The van der Waals surface area contributed by atoms with E-state index in [0.29, 0.717) is 23.9 Å². The van der Waals surface area contributed by atoms with Gasteiger partial charge in [-0.25, -0.2) is 0 Å². The van der Waals surface area contributed by atoms with Crippen molar-refractivity contribution in [3.63, 3.8) is 0 Å². The Kier molecular flexibility index (Phi) is 3.41. The molecule has 0 atom stereocenters. The second-order valence-corrected chi connectivity index (χ2v) is 6.01. The van der Waals surface area contributed by atoms with Crippen molar-refractivity contribution in [2.75, 3.05) is 0 Å². The largest absolute Gasteiger partial charge is 0.871 e. The van der Waals surface area contributed by atoms with Crippen LogP contribution in [0.25, 0.3) is 10.9 Å². The zero-order valence-electron chi connectivity index (χ0n) is 13.0. The number of para-hydroxylation sites is 1. The van der Waals surface area contributed by atoms with Crippen LogP contribution in [0.15, 0.2) is 47.5 Å². The van der Waals surface area contributed by atoms with Crippen LogP contribution >= 0.6 is 0 Å². The molecule has 0 fully saturated rings. The van der Waals surface area contributed by atoms with E-state index in [-0.39, 0.29) is 12.0 Å². The lowest BCUT2D eigenvalue weighted by Gasteiger charge is -2.17. The second-order valence-electron chi connectivity index (χ2n) is 6.01. The standard InChI is InChI=1S/C19H16N2O3/c22-15(7-6-12-3-2-9-20-11-12)16-18(23)14-5-1-4-13-8-10-21(17(13)14)19(16)24/h1-5,9,11,23H,6-8,10H2/p-1. The molecular formula is C19H15N2O3-. The van der Waals surface area contributed by atoms with Crippen LogP contribution in [0.3, 0.4) is 0 Å². The van der Waals surface area contributed by atoms with Gasteiger partial charge >= 0.3 is 0 Å². The van der Waals surface area contributed by atoms with E-state index >= 15 is 0 Å². The van der Waals surface area contributed by atoms with Crippen molar-refractivity contribution >= 4 is 16.7 Å². The van der Waals surface area contributed by atoms with Crippen LogP contribution in [0, 0.1) is 0 Å². The van der Waals surface area contributed by atoms with E-state index in [1.54, 1.807) is 29.1 Å². The van der Waals surface area contributed by atoms with E-state index in [9.17, 15) is 14.7 Å². The Labute approximate surface area is 138 Å². The van der Waals surface area contributed by atoms with Crippen LogP contribution in [-0.4, -0.2) is 15.3 Å². The second kappa shape index (κ2) is 5.60. The lowest BCUT2D eigenvalue weighted by Crippen LogP contribution is -2.27. The molecule has 1 aliphatic heterocycles. The molecule has 0 bridgehead atoms. The van der Waals surface area contributed by atoms with Gasteiger partial charge in [-0.1, -0.05) is 30.0 Å². The van der Waals surface area contributed by atoms with Crippen molar-refractivity contribution in [3.05, 3.63) is 69.8 Å². The molecule has 2 aromatic heterocycles. The SMILES string of the molecule is O=C(CCc1cccnc1)c1c([O-])c2cccc3c2n(c1=O)CC3. The first kappa shape index (κ1) is 14.6. The van der Waals surface area contributed by atoms with Crippen LogP contribution in [0.4, 0.5) is 0 Å². The maximum Gasteiger partial charge on any atom is 0.261 e. The predicted molar refractivity (Wildman–Crippen MR) is 88.2 cm³/mol. The molecule has 1 aromatic carbocycles. The third kappa shape index (κ3) is 2.21. The average Bonchev–Trinajstić information content (AvgIpc) is 3.04. The Bertz CT molecular complexity index is 1010. The zero-order chi connectivity index (χ0) is 16.7. The van der Waals surface area contributed by atoms with Gasteiger partial charge < -0.3 is 9.67 Å². The Balaban J connectivity index is 1.75. The molecule has 3 aromatic rings. The van der Waals surface area contributed by atoms with Gasteiger partial charge in [0.25, 0.3) is 5.56 Å². The van der Waals surface area contributed by atoms with Crippen molar-refractivity contribution in [2.45, 2.75) is 25.8 Å². The molecule has 24 heavy (non-hydrogen) atoms. The molecule has 1 aliphatic rings. The van der Waals surface area contributed by atoms with E-state index in [2.05, 4.69) is 4.98 Å². The number of aromatic nitrogens is 2. The average molecular weight is 319 g/mol. The van der Waals surface area contributed by atoms with Gasteiger partial charge in [0.1, 0.15) is 0 Å². The summed E-state index contributed by atoms with van der Waals surface area (Å²) in [6, 6.07) is 9.10. The highest BCUT2D eigenvalue weighted by molar-refractivity contribution is 6.04. The van der Waals surface area contributed by atoms with Crippen molar-refractivity contribution in [1.29, 1.82) is 0 Å². The highest BCUT2D eigenvalue weighted by atomic mass is 16.3. The molecule has 4 rings (SSSR count). The number of pyridine rings is 2. The van der Waals surface area contributed by atoms with Crippen molar-refractivity contribution < 1.29 is 9.90 Å². The Morgan fingerprint density at radius 1 is 1.25 bits per heavy atom. The summed E-state index contributed by atoms with van der Waals surface area (Å²) in [5.74, 6) is -0.831. The number of hydrogen-bond acceptors (Lipinski definition) is 4. The summed E-state index contributed by atoms with van der Waals surface area (Å²) in [5, 5.41) is 13.2. The number of ketones is 1. The molecular weight excluding hydrogens is 304 g/mol. The molecule has 0 unspecified atom stereocenters. The molecule has 0 aliphatic carbocycles. The molecule has 0 radical (unpaired) electrons. The fourth-order valence-electron chi connectivity index (χ4n) is 3.38. The molecule has 3 heterocycles. The third-order valence-electron chi connectivity index (χ3n) is 4.57. The van der Waals surface area contributed by atoms with Crippen LogP contribution in [0.2, 0.25) is 0 Å². The van der Waals surface area contributed by atoms with Crippen LogP contribution in [0.1, 0.15) is 27.9 Å². The summed E-state index contributed by atoms with van der Waals surface area (Å²) < 4.78 is 1.57. The lowest BCUT2D eigenvalue weighted by atomic mass is 10.0. The quantitative estimate of drug-likeness (QED) is 0.688. The zero-order valence-corrected chi connectivity index (χ0v) is 13.0. The molecule has 5 nitrogen and oxygen atoms in total. The number of nitrogens with zero attached hydrogens (tertiary/aromatic N) is 2. The van der Waals surface area contributed by atoms with Crippen molar-refractivity contribution in [3.8, 4) is 5.75 Å². The molecule has 0 N–H and O–H groups in total. The van der Waals surface area contributed by atoms with Gasteiger partial charge in [-0.2, -0.15) is 0 Å². The van der Waals surface area contributed by atoms with E-state index < -0.39 is 17.1 Å². The molecule has 0 amide bonds. The normalized spacial score (nSPS) is 12.7. The minimum Gasteiger partial charge on any atom is -0.871 e. The molecule has 0 spiro atoms. The number of Topliss-reactive ketones (excluding diaryl/α,β-unsaturated/α-hetero) is 1. The Hall–Kier alpha value is -2.95.